The summed E-state index contributed by atoms with van der Waals surface area (Å²) in [5, 5.41) is 6.76. The van der Waals surface area contributed by atoms with Crippen molar-refractivity contribution < 1.29 is 4.79 Å². The molecule has 140 valence electrons. The molecule has 2 heterocycles. The highest BCUT2D eigenvalue weighted by atomic mass is 127. The zero-order valence-electron chi connectivity index (χ0n) is 14.9. The summed E-state index contributed by atoms with van der Waals surface area (Å²) >= 11 is 0. The maximum absolute atomic E-state index is 12.5. The molecule has 2 fully saturated rings. The van der Waals surface area contributed by atoms with Gasteiger partial charge in [-0.2, -0.15) is 0 Å². The first kappa shape index (κ1) is 20.0. The number of aromatic nitrogens is 2. The lowest BCUT2D eigenvalue weighted by Gasteiger charge is -2.21. The molecule has 0 aromatic carbocycles. The summed E-state index contributed by atoms with van der Waals surface area (Å²) in [6.07, 6.45) is 11.1. The first-order valence-corrected chi connectivity index (χ1v) is 8.98. The molecule has 1 atom stereocenters. The third-order valence-electron chi connectivity index (χ3n) is 4.99. The van der Waals surface area contributed by atoms with Crippen molar-refractivity contribution in [1.29, 1.82) is 0 Å². The van der Waals surface area contributed by atoms with E-state index in [2.05, 4.69) is 20.6 Å². The summed E-state index contributed by atoms with van der Waals surface area (Å²) in [6, 6.07) is 0.287. The summed E-state index contributed by atoms with van der Waals surface area (Å²) in [5.41, 5.74) is 0. The number of nitrogens with zero attached hydrogens (tertiary/aromatic N) is 4. The summed E-state index contributed by atoms with van der Waals surface area (Å²) in [4.78, 5) is 22.8. The Balaban J connectivity index is 0.00000225. The van der Waals surface area contributed by atoms with Crippen LogP contribution in [0.1, 0.15) is 32.1 Å². The number of guanidine groups is 1. The van der Waals surface area contributed by atoms with Crippen molar-refractivity contribution >= 4 is 35.8 Å². The van der Waals surface area contributed by atoms with E-state index in [4.69, 9.17) is 0 Å². The van der Waals surface area contributed by atoms with Gasteiger partial charge in [-0.3, -0.25) is 9.79 Å². The average Bonchev–Trinajstić information content (AvgIpc) is 3.34. The number of halogens is 1. The molecule has 25 heavy (non-hydrogen) atoms. The summed E-state index contributed by atoms with van der Waals surface area (Å²) < 4.78 is 2.03. The van der Waals surface area contributed by atoms with E-state index in [9.17, 15) is 4.79 Å². The SMILES string of the molecule is CN=C(NCCn1ccnc1)NC1CCN(C(=O)C2CCCC2)C1.I. The van der Waals surface area contributed by atoms with Gasteiger partial charge < -0.3 is 20.1 Å². The van der Waals surface area contributed by atoms with E-state index < -0.39 is 0 Å². The van der Waals surface area contributed by atoms with Crippen molar-refractivity contribution in [3.05, 3.63) is 18.7 Å². The Morgan fingerprint density at radius 2 is 2.12 bits per heavy atom. The van der Waals surface area contributed by atoms with Gasteiger partial charge in [0.15, 0.2) is 5.96 Å². The van der Waals surface area contributed by atoms with Gasteiger partial charge in [-0.1, -0.05) is 12.8 Å². The van der Waals surface area contributed by atoms with Gasteiger partial charge in [0.25, 0.3) is 0 Å². The lowest BCUT2D eigenvalue weighted by Crippen LogP contribution is -2.46. The predicted octanol–water partition coefficient (Wildman–Crippen LogP) is 1.46. The molecular weight excluding hydrogens is 431 g/mol. The first-order chi connectivity index (χ1) is 11.8. The highest BCUT2D eigenvalue weighted by Crippen LogP contribution is 2.27. The highest BCUT2D eigenvalue weighted by molar-refractivity contribution is 14.0. The first-order valence-electron chi connectivity index (χ1n) is 8.98. The average molecular weight is 460 g/mol. The van der Waals surface area contributed by atoms with E-state index in [1.165, 1.54) is 12.8 Å². The minimum Gasteiger partial charge on any atom is -0.355 e. The Bertz CT molecular complexity index is 555. The Labute approximate surface area is 166 Å². The fourth-order valence-corrected chi connectivity index (χ4v) is 3.62. The normalized spacial score (nSPS) is 21.2. The van der Waals surface area contributed by atoms with Crippen molar-refractivity contribution in [2.24, 2.45) is 10.9 Å². The van der Waals surface area contributed by atoms with Gasteiger partial charge in [0, 0.05) is 57.6 Å². The maximum atomic E-state index is 12.5. The zero-order chi connectivity index (χ0) is 16.8. The summed E-state index contributed by atoms with van der Waals surface area (Å²) in [7, 11) is 1.78. The molecule has 1 aliphatic carbocycles. The van der Waals surface area contributed by atoms with Crippen LogP contribution in [0.15, 0.2) is 23.7 Å². The maximum Gasteiger partial charge on any atom is 0.225 e. The molecule has 2 aliphatic rings. The van der Waals surface area contributed by atoms with Gasteiger partial charge >= 0.3 is 0 Å². The van der Waals surface area contributed by atoms with Crippen molar-refractivity contribution in [2.45, 2.75) is 44.7 Å². The molecule has 7 nitrogen and oxygen atoms in total. The van der Waals surface area contributed by atoms with Crippen LogP contribution >= 0.6 is 24.0 Å². The number of hydrogen-bond donors (Lipinski definition) is 2. The zero-order valence-corrected chi connectivity index (χ0v) is 17.2. The van der Waals surface area contributed by atoms with Crippen LogP contribution in [0.3, 0.4) is 0 Å². The van der Waals surface area contributed by atoms with Gasteiger partial charge in [-0.05, 0) is 19.3 Å². The van der Waals surface area contributed by atoms with Crippen LogP contribution in [0.4, 0.5) is 0 Å². The van der Waals surface area contributed by atoms with Gasteiger partial charge in [0.05, 0.1) is 6.33 Å². The smallest absolute Gasteiger partial charge is 0.225 e. The fraction of sp³-hybridized carbons (Fsp3) is 0.706. The van der Waals surface area contributed by atoms with Crippen LogP contribution in [0.5, 0.6) is 0 Å². The summed E-state index contributed by atoms with van der Waals surface area (Å²) in [6.45, 7) is 3.28. The van der Waals surface area contributed by atoms with Crippen LogP contribution in [-0.2, 0) is 11.3 Å². The molecule has 3 rings (SSSR count). The molecule has 1 unspecified atom stereocenters. The second-order valence-corrected chi connectivity index (χ2v) is 6.70. The van der Waals surface area contributed by atoms with Crippen molar-refractivity contribution in [3.8, 4) is 0 Å². The third kappa shape index (κ3) is 5.58. The Hall–Kier alpha value is -1.32. The van der Waals surface area contributed by atoms with Crippen molar-refractivity contribution in [2.75, 3.05) is 26.7 Å². The minimum absolute atomic E-state index is 0. The van der Waals surface area contributed by atoms with Gasteiger partial charge in [-0.15, -0.1) is 24.0 Å². The number of rotatable bonds is 5. The van der Waals surface area contributed by atoms with E-state index in [1.807, 2.05) is 15.7 Å². The third-order valence-corrected chi connectivity index (χ3v) is 4.99. The van der Waals surface area contributed by atoms with E-state index >= 15 is 0 Å². The molecule has 0 radical (unpaired) electrons. The van der Waals surface area contributed by atoms with Crippen LogP contribution in [0.25, 0.3) is 0 Å². The second kappa shape index (κ2) is 9.98. The predicted molar refractivity (Wildman–Crippen MR) is 109 cm³/mol. The standard InChI is InChI=1S/C17H28N6O.HI/c1-18-17(20-8-11-22-10-7-19-13-22)21-15-6-9-23(12-15)16(24)14-4-2-3-5-14;/h7,10,13-15H,2-6,8-9,11-12H2,1H3,(H2,18,20,21);1H. The molecule has 0 spiro atoms. The largest absolute Gasteiger partial charge is 0.355 e. The molecule has 8 heteroatoms. The number of carbonyl (C=O) groups is 1. The fourth-order valence-electron chi connectivity index (χ4n) is 3.62. The Morgan fingerprint density at radius 3 is 2.80 bits per heavy atom. The van der Waals surface area contributed by atoms with Crippen LogP contribution in [0, 0.1) is 5.92 Å². The number of amides is 1. The van der Waals surface area contributed by atoms with Crippen LogP contribution in [-0.4, -0.2) is 59.0 Å². The minimum atomic E-state index is 0. The molecule has 1 aromatic heterocycles. The quantitative estimate of drug-likeness (QED) is 0.397. The van der Waals surface area contributed by atoms with Gasteiger partial charge in [0.2, 0.25) is 5.91 Å². The topological polar surface area (TPSA) is 74.6 Å². The van der Waals surface area contributed by atoms with Crippen molar-refractivity contribution in [3.63, 3.8) is 0 Å². The number of likely N-dealkylation sites (tertiary alicyclic amines) is 1. The monoisotopic (exact) mass is 460 g/mol. The number of carbonyl (C=O) groups excluding carboxylic acids is 1. The molecular formula is C17H29IN6O. The number of imidazole rings is 1. The number of aliphatic imine (C=N–C) groups is 1. The summed E-state index contributed by atoms with van der Waals surface area (Å²) in [5.74, 6) is 1.44. The second-order valence-electron chi connectivity index (χ2n) is 6.70. The number of nitrogens with one attached hydrogen (secondary N) is 2. The van der Waals surface area contributed by atoms with E-state index in [1.54, 1.807) is 19.6 Å². The van der Waals surface area contributed by atoms with E-state index in [0.29, 0.717) is 5.91 Å². The molecule has 1 aromatic rings. The van der Waals surface area contributed by atoms with Crippen molar-refractivity contribution in [1.82, 2.24) is 25.1 Å². The van der Waals surface area contributed by atoms with Crippen LogP contribution in [0.2, 0.25) is 0 Å². The van der Waals surface area contributed by atoms with Crippen LogP contribution < -0.4 is 10.6 Å². The molecule has 1 saturated heterocycles. The van der Waals surface area contributed by atoms with Gasteiger partial charge in [0.1, 0.15) is 0 Å². The lowest BCUT2D eigenvalue weighted by atomic mass is 10.1. The molecule has 1 amide bonds. The van der Waals surface area contributed by atoms with E-state index in [0.717, 1.165) is 51.4 Å². The lowest BCUT2D eigenvalue weighted by molar-refractivity contribution is -0.134. The molecule has 2 N–H and O–H groups in total. The molecule has 0 bridgehead atoms. The van der Waals surface area contributed by atoms with E-state index in [-0.39, 0.29) is 35.9 Å². The number of hydrogen-bond acceptors (Lipinski definition) is 3. The molecule has 1 saturated carbocycles. The van der Waals surface area contributed by atoms with Gasteiger partial charge in [-0.25, -0.2) is 4.98 Å². The molecule has 1 aliphatic heterocycles. The Kier molecular flexibility index (Phi) is 7.98. The Morgan fingerprint density at radius 1 is 1.32 bits per heavy atom. The highest BCUT2D eigenvalue weighted by Gasteiger charge is 2.32.